The van der Waals surface area contributed by atoms with E-state index < -0.39 is 0 Å². The molecule has 1 aliphatic carbocycles. The highest BCUT2D eigenvalue weighted by atomic mass is 19.1. The van der Waals surface area contributed by atoms with Crippen LogP contribution in [0.25, 0.3) is 0 Å². The van der Waals surface area contributed by atoms with Gasteiger partial charge in [-0.05, 0) is 49.9 Å². The van der Waals surface area contributed by atoms with Gasteiger partial charge in [-0.25, -0.2) is 4.39 Å². The number of hydrogen-bond donors (Lipinski definition) is 0. The highest BCUT2D eigenvalue weighted by Crippen LogP contribution is 2.54. The first-order chi connectivity index (χ1) is 12.2. The molecule has 25 heavy (non-hydrogen) atoms. The largest absolute Gasteiger partial charge is 0.490 e. The average Bonchev–Trinajstić information content (AvgIpc) is 3.04. The van der Waals surface area contributed by atoms with Crippen LogP contribution in [0, 0.1) is 11.7 Å². The fourth-order valence-electron chi connectivity index (χ4n) is 4.78. The van der Waals surface area contributed by atoms with Crippen LogP contribution in [0.15, 0.2) is 48.5 Å². The first-order valence-electron chi connectivity index (χ1n) is 9.18. The van der Waals surface area contributed by atoms with E-state index in [9.17, 15) is 4.39 Å². The van der Waals surface area contributed by atoms with E-state index in [0.29, 0.717) is 0 Å². The number of hydroxylamine groups is 2. The zero-order chi connectivity index (χ0) is 17.0. The first kappa shape index (κ1) is 15.4. The van der Waals surface area contributed by atoms with Crippen molar-refractivity contribution in [3.63, 3.8) is 0 Å². The van der Waals surface area contributed by atoms with Gasteiger partial charge in [-0.15, -0.1) is 0 Å². The summed E-state index contributed by atoms with van der Waals surface area (Å²) in [7, 11) is 0. The summed E-state index contributed by atoms with van der Waals surface area (Å²) in [6.07, 6.45) is 3.53. The lowest BCUT2D eigenvalue weighted by Gasteiger charge is -2.41. The van der Waals surface area contributed by atoms with Crippen LogP contribution < -0.4 is 4.74 Å². The molecule has 2 aromatic carbocycles. The molecular formula is C21H22FNO2. The van der Waals surface area contributed by atoms with E-state index in [1.165, 1.54) is 11.6 Å². The Morgan fingerprint density at radius 1 is 1.08 bits per heavy atom. The Kier molecular flexibility index (Phi) is 3.57. The predicted octanol–water partition coefficient (Wildman–Crippen LogP) is 4.80. The van der Waals surface area contributed by atoms with Crippen molar-refractivity contribution in [3.8, 4) is 5.75 Å². The number of benzene rings is 2. The molecule has 1 saturated carbocycles. The molecule has 0 unspecified atom stereocenters. The first-order valence-corrected chi connectivity index (χ1v) is 9.18. The molecule has 0 amide bonds. The summed E-state index contributed by atoms with van der Waals surface area (Å²) in [5.41, 5.74) is 2.13. The summed E-state index contributed by atoms with van der Waals surface area (Å²) in [5, 5.41) is 2.10. The normalized spacial score (nSPS) is 31.8. The van der Waals surface area contributed by atoms with Crippen molar-refractivity contribution in [2.45, 2.75) is 50.5 Å². The number of hydrogen-bond acceptors (Lipinski definition) is 3. The van der Waals surface area contributed by atoms with Crippen LogP contribution in [0.5, 0.6) is 5.75 Å². The van der Waals surface area contributed by atoms with Crippen molar-refractivity contribution in [2.75, 3.05) is 0 Å². The molecule has 0 spiro atoms. The molecule has 2 aliphatic heterocycles. The molecule has 0 bridgehead atoms. The Morgan fingerprint density at radius 2 is 1.88 bits per heavy atom. The molecule has 3 nitrogen and oxygen atoms in total. The molecule has 5 rings (SSSR count). The fraction of sp³-hybridized carbons (Fsp3) is 0.429. The van der Waals surface area contributed by atoms with Crippen molar-refractivity contribution < 1.29 is 14.0 Å². The van der Waals surface area contributed by atoms with E-state index in [1.807, 2.05) is 6.07 Å². The van der Waals surface area contributed by atoms with E-state index in [4.69, 9.17) is 9.57 Å². The van der Waals surface area contributed by atoms with Crippen molar-refractivity contribution >= 4 is 0 Å². The monoisotopic (exact) mass is 339 g/mol. The van der Waals surface area contributed by atoms with Gasteiger partial charge in [0.1, 0.15) is 17.7 Å². The molecule has 4 heteroatoms. The second-order valence-electron chi connectivity index (χ2n) is 7.38. The van der Waals surface area contributed by atoms with Crippen LogP contribution >= 0.6 is 0 Å². The molecule has 1 saturated heterocycles. The van der Waals surface area contributed by atoms with E-state index >= 15 is 0 Å². The van der Waals surface area contributed by atoms with Crippen molar-refractivity contribution in [1.82, 2.24) is 5.06 Å². The molecule has 0 N–H and O–H groups in total. The second-order valence-corrected chi connectivity index (χ2v) is 7.38. The SMILES string of the molecule is C[C@H](c1ccccc1)N1O[C@@H]2CCC[C@@H]3Oc4ccc(F)cc4[C@@H]1[C@@H]32. The zero-order valence-electron chi connectivity index (χ0n) is 14.3. The Morgan fingerprint density at radius 3 is 2.72 bits per heavy atom. The van der Waals surface area contributed by atoms with Gasteiger partial charge in [-0.1, -0.05) is 30.3 Å². The molecule has 130 valence electrons. The second kappa shape index (κ2) is 5.82. The highest BCUT2D eigenvalue weighted by Gasteiger charge is 2.54. The van der Waals surface area contributed by atoms with Gasteiger partial charge in [0, 0.05) is 11.5 Å². The van der Waals surface area contributed by atoms with E-state index in [0.717, 1.165) is 30.6 Å². The molecule has 2 fully saturated rings. The third-order valence-electron chi connectivity index (χ3n) is 5.96. The van der Waals surface area contributed by atoms with E-state index in [1.54, 1.807) is 12.1 Å². The van der Waals surface area contributed by atoms with Gasteiger partial charge in [0.2, 0.25) is 0 Å². The Bertz CT molecular complexity index is 781. The maximum absolute atomic E-state index is 14.0. The zero-order valence-corrected chi connectivity index (χ0v) is 14.3. The smallest absolute Gasteiger partial charge is 0.124 e. The molecular weight excluding hydrogens is 317 g/mol. The molecule has 3 aliphatic rings. The third kappa shape index (κ3) is 2.39. The standard InChI is InChI=1S/C21H22FNO2/c1-13(14-6-3-2-4-7-14)23-21-16-12-15(22)10-11-17(16)24-18-8-5-9-19(25-23)20(18)21/h2-4,6-7,10-13,18-21H,5,8-9H2,1H3/t13-,18+,19-,20+,21-/m1/s1. The highest BCUT2D eigenvalue weighted by molar-refractivity contribution is 5.40. The number of nitrogens with zero attached hydrogens (tertiary/aromatic N) is 1. The lowest BCUT2D eigenvalue weighted by atomic mass is 9.75. The van der Waals surface area contributed by atoms with Crippen LogP contribution in [-0.2, 0) is 4.84 Å². The van der Waals surface area contributed by atoms with E-state index in [2.05, 4.69) is 36.3 Å². The molecule has 2 heterocycles. The summed E-state index contributed by atoms with van der Waals surface area (Å²) < 4.78 is 20.2. The van der Waals surface area contributed by atoms with Crippen molar-refractivity contribution in [2.24, 2.45) is 5.92 Å². The summed E-state index contributed by atoms with van der Waals surface area (Å²) in [5.74, 6) is 0.866. The van der Waals surface area contributed by atoms with Crippen molar-refractivity contribution in [3.05, 3.63) is 65.5 Å². The van der Waals surface area contributed by atoms with Crippen LogP contribution in [-0.4, -0.2) is 17.3 Å². The van der Waals surface area contributed by atoms with Crippen LogP contribution in [0.4, 0.5) is 4.39 Å². The van der Waals surface area contributed by atoms with Gasteiger partial charge >= 0.3 is 0 Å². The lowest BCUT2D eigenvalue weighted by Crippen LogP contribution is -2.43. The van der Waals surface area contributed by atoms with Gasteiger partial charge in [-0.3, -0.25) is 4.84 Å². The topological polar surface area (TPSA) is 21.7 Å². The minimum Gasteiger partial charge on any atom is -0.490 e. The fourth-order valence-corrected chi connectivity index (χ4v) is 4.78. The summed E-state index contributed by atoms with van der Waals surface area (Å²) in [4.78, 5) is 6.42. The Balaban J connectivity index is 1.59. The number of ether oxygens (including phenoxy) is 1. The third-order valence-corrected chi connectivity index (χ3v) is 5.96. The van der Waals surface area contributed by atoms with Crippen LogP contribution in [0.2, 0.25) is 0 Å². The average molecular weight is 339 g/mol. The number of rotatable bonds is 2. The molecule has 0 aromatic heterocycles. The van der Waals surface area contributed by atoms with Crippen LogP contribution in [0.3, 0.4) is 0 Å². The minimum absolute atomic E-state index is 0.0463. The maximum atomic E-state index is 14.0. The van der Waals surface area contributed by atoms with Gasteiger partial charge in [-0.2, -0.15) is 5.06 Å². The number of halogens is 1. The molecule has 2 aromatic rings. The van der Waals surface area contributed by atoms with Gasteiger partial charge in [0.25, 0.3) is 0 Å². The summed E-state index contributed by atoms with van der Waals surface area (Å²) in [6, 6.07) is 15.4. The van der Waals surface area contributed by atoms with Crippen molar-refractivity contribution in [1.29, 1.82) is 0 Å². The lowest BCUT2D eigenvalue weighted by molar-refractivity contribution is -0.191. The maximum Gasteiger partial charge on any atom is 0.124 e. The van der Waals surface area contributed by atoms with Gasteiger partial charge in [0.05, 0.1) is 18.2 Å². The van der Waals surface area contributed by atoms with Gasteiger partial charge < -0.3 is 4.74 Å². The van der Waals surface area contributed by atoms with Crippen LogP contribution in [0.1, 0.15) is 49.4 Å². The van der Waals surface area contributed by atoms with Gasteiger partial charge in [0.15, 0.2) is 0 Å². The van der Waals surface area contributed by atoms with E-state index in [-0.39, 0.29) is 36.0 Å². The molecule has 5 atom stereocenters. The predicted molar refractivity (Wildman–Crippen MR) is 92.5 cm³/mol. The molecule has 0 radical (unpaired) electrons. The number of fused-ring (bicyclic) bond motifs is 2. The Hall–Kier alpha value is -1.91. The Labute approximate surface area is 147 Å². The minimum atomic E-state index is -0.215. The summed E-state index contributed by atoms with van der Waals surface area (Å²) >= 11 is 0. The quantitative estimate of drug-likeness (QED) is 0.784. The summed E-state index contributed by atoms with van der Waals surface area (Å²) in [6.45, 7) is 2.16.